The highest BCUT2D eigenvalue weighted by atomic mass is 14.9. The molecule has 1 atom stereocenters. The lowest BCUT2D eigenvalue weighted by molar-refractivity contribution is 0.680. The fourth-order valence-electron chi connectivity index (χ4n) is 3.04. The molecule has 1 nitrogen and oxygen atoms in total. The summed E-state index contributed by atoms with van der Waals surface area (Å²) in [6, 6.07) is 14.1. The van der Waals surface area contributed by atoms with Crippen molar-refractivity contribution < 1.29 is 0 Å². The molecule has 0 aromatic heterocycles. The third-order valence-electron chi connectivity index (χ3n) is 4.53. The number of hydrogen-bond acceptors (Lipinski definition) is 1. The SMILES string of the molecule is Cc1cccc(Cc2ccc3c(c2)CCC(C)N3)c1C. The van der Waals surface area contributed by atoms with Crippen LogP contribution in [-0.4, -0.2) is 6.04 Å². The number of aryl methyl sites for hydroxylation is 2. The van der Waals surface area contributed by atoms with Gasteiger partial charge < -0.3 is 5.32 Å². The van der Waals surface area contributed by atoms with E-state index in [-0.39, 0.29) is 0 Å². The Hall–Kier alpha value is -1.76. The van der Waals surface area contributed by atoms with E-state index in [4.69, 9.17) is 0 Å². The summed E-state index contributed by atoms with van der Waals surface area (Å²) in [7, 11) is 0. The van der Waals surface area contributed by atoms with Crippen LogP contribution in [0.3, 0.4) is 0 Å². The number of anilines is 1. The molecule has 20 heavy (non-hydrogen) atoms. The molecule has 0 bridgehead atoms. The number of nitrogens with one attached hydrogen (secondary N) is 1. The summed E-state index contributed by atoms with van der Waals surface area (Å²) in [4.78, 5) is 0. The number of benzene rings is 2. The maximum absolute atomic E-state index is 3.57. The Bertz CT molecular complexity index is 628. The second-order valence-electron chi connectivity index (χ2n) is 6.11. The van der Waals surface area contributed by atoms with E-state index in [1.807, 2.05) is 0 Å². The minimum absolute atomic E-state index is 0.604. The molecule has 2 aromatic rings. The number of hydrogen-bond donors (Lipinski definition) is 1. The Balaban J connectivity index is 1.87. The highest BCUT2D eigenvalue weighted by Gasteiger charge is 2.14. The molecular weight excluding hydrogens is 242 g/mol. The first-order valence-electron chi connectivity index (χ1n) is 7.57. The fraction of sp³-hybridized carbons (Fsp3) is 0.368. The molecule has 1 heteroatoms. The van der Waals surface area contributed by atoms with E-state index < -0.39 is 0 Å². The standard InChI is InChI=1S/C19H23N/c1-13-5-4-6-17(15(13)3)11-16-8-10-19-18(12-16)9-7-14(2)20-19/h4-6,8,10,12,14,20H,7,9,11H2,1-3H3. The monoisotopic (exact) mass is 265 g/mol. The van der Waals surface area contributed by atoms with Crippen molar-refractivity contribution in [2.45, 2.75) is 46.1 Å². The van der Waals surface area contributed by atoms with Crippen molar-refractivity contribution in [3.8, 4) is 0 Å². The summed E-state index contributed by atoms with van der Waals surface area (Å²) in [5.41, 5.74) is 8.49. The largest absolute Gasteiger partial charge is 0.382 e. The average molecular weight is 265 g/mol. The molecular formula is C19H23N. The molecule has 0 spiro atoms. The van der Waals surface area contributed by atoms with Gasteiger partial charge in [0, 0.05) is 11.7 Å². The van der Waals surface area contributed by atoms with Crippen LogP contribution < -0.4 is 5.32 Å². The zero-order valence-corrected chi connectivity index (χ0v) is 12.7. The summed E-state index contributed by atoms with van der Waals surface area (Å²) < 4.78 is 0. The Morgan fingerprint density at radius 3 is 2.85 bits per heavy atom. The maximum atomic E-state index is 3.57. The van der Waals surface area contributed by atoms with Crippen molar-refractivity contribution in [3.63, 3.8) is 0 Å². The molecule has 1 aliphatic heterocycles. The molecule has 0 aliphatic carbocycles. The van der Waals surface area contributed by atoms with Crippen molar-refractivity contribution in [1.82, 2.24) is 0 Å². The number of fused-ring (bicyclic) bond motifs is 1. The van der Waals surface area contributed by atoms with Gasteiger partial charge in [0.05, 0.1) is 0 Å². The van der Waals surface area contributed by atoms with Crippen molar-refractivity contribution in [3.05, 3.63) is 64.2 Å². The normalized spacial score (nSPS) is 17.4. The van der Waals surface area contributed by atoms with Gasteiger partial charge in [-0.1, -0.05) is 30.3 Å². The van der Waals surface area contributed by atoms with E-state index in [1.54, 1.807) is 0 Å². The van der Waals surface area contributed by atoms with Crippen LogP contribution in [0.15, 0.2) is 36.4 Å². The summed E-state index contributed by atoms with van der Waals surface area (Å²) >= 11 is 0. The zero-order valence-electron chi connectivity index (χ0n) is 12.7. The van der Waals surface area contributed by atoms with Gasteiger partial charge in [-0.25, -0.2) is 0 Å². The van der Waals surface area contributed by atoms with Gasteiger partial charge in [-0.05, 0) is 73.9 Å². The van der Waals surface area contributed by atoms with E-state index in [1.165, 1.54) is 46.3 Å². The van der Waals surface area contributed by atoms with Gasteiger partial charge >= 0.3 is 0 Å². The topological polar surface area (TPSA) is 12.0 Å². The second kappa shape index (κ2) is 5.32. The van der Waals surface area contributed by atoms with Gasteiger partial charge in [-0.2, -0.15) is 0 Å². The third kappa shape index (κ3) is 2.58. The smallest absolute Gasteiger partial charge is 0.0374 e. The molecule has 0 saturated carbocycles. The molecule has 0 fully saturated rings. The highest BCUT2D eigenvalue weighted by molar-refractivity contribution is 5.55. The first kappa shape index (κ1) is 13.2. The molecule has 1 unspecified atom stereocenters. The Morgan fingerprint density at radius 1 is 1.15 bits per heavy atom. The van der Waals surface area contributed by atoms with Gasteiger partial charge in [0.2, 0.25) is 0 Å². The predicted molar refractivity (Wildman–Crippen MR) is 86.6 cm³/mol. The zero-order chi connectivity index (χ0) is 14.1. The van der Waals surface area contributed by atoms with Crippen LogP contribution in [0, 0.1) is 13.8 Å². The maximum Gasteiger partial charge on any atom is 0.0374 e. The van der Waals surface area contributed by atoms with E-state index in [2.05, 4.69) is 62.5 Å². The Morgan fingerprint density at radius 2 is 2.00 bits per heavy atom. The first-order chi connectivity index (χ1) is 9.63. The minimum atomic E-state index is 0.604. The molecule has 0 radical (unpaired) electrons. The molecule has 1 N–H and O–H groups in total. The van der Waals surface area contributed by atoms with Crippen molar-refractivity contribution in [1.29, 1.82) is 0 Å². The molecule has 0 saturated heterocycles. The molecule has 1 heterocycles. The van der Waals surface area contributed by atoms with Crippen LogP contribution in [0.5, 0.6) is 0 Å². The summed E-state index contributed by atoms with van der Waals surface area (Å²) in [6.45, 7) is 6.68. The van der Waals surface area contributed by atoms with Gasteiger partial charge in [0.25, 0.3) is 0 Å². The van der Waals surface area contributed by atoms with E-state index >= 15 is 0 Å². The van der Waals surface area contributed by atoms with Crippen molar-refractivity contribution in [2.75, 3.05) is 5.32 Å². The predicted octanol–water partition coefficient (Wildman–Crippen LogP) is 4.64. The van der Waals surface area contributed by atoms with Crippen LogP contribution in [0.25, 0.3) is 0 Å². The second-order valence-corrected chi connectivity index (χ2v) is 6.11. The summed E-state index contributed by atoms with van der Waals surface area (Å²) in [5.74, 6) is 0. The average Bonchev–Trinajstić information content (AvgIpc) is 2.44. The van der Waals surface area contributed by atoms with Crippen LogP contribution in [0.1, 0.15) is 41.2 Å². The van der Waals surface area contributed by atoms with Crippen molar-refractivity contribution >= 4 is 5.69 Å². The quantitative estimate of drug-likeness (QED) is 0.834. The van der Waals surface area contributed by atoms with Gasteiger partial charge in [-0.3, -0.25) is 0 Å². The Kier molecular flexibility index (Phi) is 3.52. The van der Waals surface area contributed by atoms with Crippen LogP contribution >= 0.6 is 0 Å². The van der Waals surface area contributed by atoms with Crippen LogP contribution in [-0.2, 0) is 12.8 Å². The van der Waals surface area contributed by atoms with Crippen LogP contribution in [0.4, 0.5) is 5.69 Å². The lowest BCUT2D eigenvalue weighted by Crippen LogP contribution is -2.21. The summed E-state index contributed by atoms with van der Waals surface area (Å²) in [6.07, 6.45) is 3.47. The highest BCUT2D eigenvalue weighted by Crippen LogP contribution is 2.27. The van der Waals surface area contributed by atoms with Gasteiger partial charge in [0.15, 0.2) is 0 Å². The van der Waals surface area contributed by atoms with Gasteiger partial charge in [-0.15, -0.1) is 0 Å². The molecule has 0 amide bonds. The third-order valence-corrected chi connectivity index (χ3v) is 4.53. The molecule has 3 rings (SSSR count). The summed E-state index contributed by atoms with van der Waals surface area (Å²) in [5, 5.41) is 3.57. The lowest BCUT2D eigenvalue weighted by atomic mass is 9.93. The van der Waals surface area contributed by atoms with E-state index in [0.29, 0.717) is 6.04 Å². The fourth-order valence-corrected chi connectivity index (χ4v) is 3.04. The molecule has 2 aromatic carbocycles. The Labute approximate surface area is 122 Å². The molecule has 1 aliphatic rings. The number of rotatable bonds is 2. The van der Waals surface area contributed by atoms with Crippen molar-refractivity contribution in [2.24, 2.45) is 0 Å². The van der Waals surface area contributed by atoms with Gasteiger partial charge in [0.1, 0.15) is 0 Å². The lowest BCUT2D eigenvalue weighted by Gasteiger charge is -2.24. The van der Waals surface area contributed by atoms with Crippen LogP contribution in [0.2, 0.25) is 0 Å². The van der Waals surface area contributed by atoms with E-state index in [0.717, 1.165) is 6.42 Å². The minimum Gasteiger partial charge on any atom is -0.382 e. The van der Waals surface area contributed by atoms with E-state index in [9.17, 15) is 0 Å². The first-order valence-corrected chi connectivity index (χ1v) is 7.57. The molecule has 104 valence electrons.